The van der Waals surface area contributed by atoms with Crippen molar-refractivity contribution in [3.8, 4) is 6.07 Å². The van der Waals surface area contributed by atoms with Crippen molar-refractivity contribution in [1.29, 1.82) is 5.26 Å². The molecule has 0 aliphatic rings. The quantitative estimate of drug-likeness (QED) is 0.768. The molecule has 0 spiro atoms. The van der Waals surface area contributed by atoms with Gasteiger partial charge in [-0.3, -0.25) is 9.36 Å². The summed E-state index contributed by atoms with van der Waals surface area (Å²) >= 11 is 0. The fraction of sp³-hybridized carbons (Fsp3) is 0.263. The monoisotopic (exact) mass is 333 g/mol. The first-order valence-corrected chi connectivity index (χ1v) is 8.32. The number of hydrogen-bond acceptors (Lipinski definition) is 5. The number of para-hydroxylation sites is 1. The molecule has 2 aromatic heterocycles. The van der Waals surface area contributed by atoms with Crippen LogP contribution in [0.15, 0.2) is 47.4 Å². The summed E-state index contributed by atoms with van der Waals surface area (Å²) in [5.74, 6) is 0.362. The van der Waals surface area contributed by atoms with Crippen LogP contribution in [0.3, 0.4) is 0 Å². The van der Waals surface area contributed by atoms with Gasteiger partial charge in [-0.05, 0) is 31.0 Å². The zero-order chi connectivity index (χ0) is 17.8. The van der Waals surface area contributed by atoms with Crippen LogP contribution in [0, 0.1) is 11.3 Å². The lowest BCUT2D eigenvalue weighted by atomic mass is 10.1. The second-order valence-corrected chi connectivity index (χ2v) is 5.77. The van der Waals surface area contributed by atoms with Crippen LogP contribution in [-0.4, -0.2) is 14.5 Å². The predicted octanol–water partition coefficient (Wildman–Crippen LogP) is 3.77. The molecule has 6 heteroatoms. The van der Waals surface area contributed by atoms with Gasteiger partial charge in [0.05, 0.1) is 11.3 Å². The summed E-state index contributed by atoms with van der Waals surface area (Å²) in [6.45, 7) is 4.12. The third-order valence-electron chi connectivity index (χ3n) is 4.27. The van der Waals surface area contributed by atoms with E-state index >= 15 is 0 Å². The molecule has 0 atom stereocenters. The van der Waals surface area contributed by atoms with E-state index in [9.17, 15) is 10.1 Å². The first-order valence-electron chi connectivity index (χ1n) is 8.32. The van der Waals surface area contributed by atoms with Gasteiger partial charge >= 0.3 is 0 Å². The lowest BCUT2D eigenvalue weighted by Gasteiger charge is -2.18. The minimum atomic E-state index is -0.0664. The van der Waals surface area contributed by atoms with Crippen LogP contribution in [0.4, 0.5) is 11.6 Å². The summed E-state index contributed by atoms with van der Waals surface area (Å²) in [7, 11) is 0. The van der Waals surface area contributed by atoms with Crippen LogP contribution < -0.4 is 10.9 Å². The fourth-order valence-corrected chi connectivity index (χ4v) is 2.92. The highest BCUT2D eigenvalue weighted by atomic mass is 16.1. The Hall–Kier alpha value is -3.20. The summed E-state index contributed by atoms with van der Waals surface area (Å²) in [5.41, 5.74) is 1.68. The smallest absolute Gasteiger partial charge is 0.252 e. The predicted molar refractivity (Wildman–Crippen MR) is 97.9 cm³/mol. The molecule has 1 aromatic carbocycles. The Morgan fingerprint density at radius 1 is 1.20 bits per heavy atom. The molecule has 126 valence electrons. The Kier molecular flexibility index (Phi) is 4.75. The van der Waals surface area contributed by atoms with Gasteiger partial charge in [0.2, 0.25) is 5.95 Å². The second kappa shape index (κ2) is 7.14. The molecule has 0 aliphatic heterocycles. The van der Waals surface area contributed by atoms with Crippen molar-refractivity contribution in [2.75, 3.05) is 5.32 Å². The molecule has 6 nitrogen and oxygen atoms in total. The second-order valence-electron chi connectivity index (χ2n) is 5.77. The van der Waals surface area contributed by atoms with Crippen molar-refractivity contribution >= 4 is 22.7 Å². The molecule has 0 radical (unpaired) electrons. The number of pyridine rings is 1. The van der Waals surface area contributed by atoms with Gasteiger partial charge in [-0.2, -0.15) is 10.2 Å². The van der Waals surface area contributed by atoms with E-state index < -0.39 is 0 Å². The normalized spacial score (nSPS) is 10.8. The van der Waals surface area contributed by atoms with Crippen LogP contribution in [0.2, 0.25) is 0 Å². The molecule has 3 aromatic rings. The maximum atomic E-state index is 12.4. The number of anilines is 2. The molecule has 0 unspecified atom stereocenters. The highest BCUT2D eigenvalue weighted by molar-refractivity contribution is 5.76. The summed E-state index contributed by atoms with van der Waals surface area (Å²) in [6.07, 6.45) is 3.39. The van der Waals surface area contributed by atoms with Gasteiger partial charge in [0.25, 0.3) is 5.56 Å². The molecule has 0 amide bonds. The number of fused-ring (bicyclic) bond motifs is 1. The summed E-state index contributed by atoms with van der Waals surface area (Å²) in [4.78, 5) is 21.3. The third-order valence-corrected chi connectivity index (χ3v) is 4.27. The van der Waals surface area contributed by atoms with E-state index in [1.165, 1.54) is 0 Å². The largest absolute Gasteiger partial charge is 0.323 e. The molecule has 3 rings (SSSR count). The first-order chi connectivity index (χ1) is 12.2. The third kappa shape index (κ3) is 3.22. The molecule has 25 heavy (non-hydrogen) atoms. The fourth-order valence-electron chi connectivity index (χ4n) is 2.92. The zero-order valence-corrected chi connectivity index (χ0v) is 14.2. The number of nitriles is 1. The van der Waals surface area contributed by atoms with Crippen molar-refractivity contribution < 1.29 is 0 Å². The average molecular weight is 333 g/mol. The molecule has 0 aliphatic carbocycles. The van der Waals surface area contributed by atoms with Crippen molar-refractivity contribution in [2.24, 2.45) is 0 Å². The molecule has 0 saturated carbocycles. The van der Waals surface area contributed by atoms with E-state index in [-0.39, 0.29) is 11.6 Å². The van der Waals surface area contributed by atoms with Gasteiger partial charge in [-0.25, -0.2) is 4.98 Å². The van der Waals surface area contributed by atoms with Crippen LogP contribution in [0.5, 0.6) is 0 Å². The van der Waals surface area contributed by atoms with Crippen molar-refractivity contribution in [1.82, 2.24) is 14.5 Å². The van der Waals surface area contributed by atoms with E-state index in [2.05, 4.69) is 35.2 Å². The first kappa shape index (κ1) is 16.7. The number of aromatic nitrogens is 3. The minimum absolute atomic E-state index is 0.0664. The Morgan fingerprint density at radius 3 is 2.68 bits per heavy atom. The lowest BCUT2D eigenvalue weighted by molar-refractivity contribution is 0.470. The maximum Gasteiger partial charge on any atom is 0.252 e. The van der Waals surface area contributed by atoms with Gasteiger partial charge in [-0.1, -0.05) is 26.0 Å². The van der Waals surface area contributed by atoms with Crippen LogP contribution in [0.25, 0.3) is 11.0 Å². The van der Waals surface area contributed by atoms with E-state index in [1.807, 2.05) is 6.07 Å². The molecular weight excluding hydrogens is 314 g/mol. The van der Waals surface area contributed by atoms with E-state index in [4.69, 9.17) is 0 Å². The number of nitrogens with zero attached hydrogens (tertiary/aromatic N) is 4. The Morgan fingerprint density at radius 2 is 1.96 bits per heavy atom. The number of hydrogen-bond donors (Lipinski definition) is 1. The zero-order valence-electron chi connectivity index (χ0n) is 14.2. The Labute approximate surface area is 145 Å². The molecule has 2 heterocycles. The highest BCUT2D eigenvalue weighted by Crippen LogP contribution is 2.22. The van der Waals surface area contributed by atoms with Crippen molar-refractivity contribution in [3.63, 3.8) is 0 Å². The number of nitrogens with one attached hydrogen (secondary N) is 1. The molecule has 0 fully saturated rings. The molecule has 0 bridgehead atoms. The van der Waals surface area contributed by atoms with E-state index in [0.717, 1.165) is 18.2 Å². The summed E-state index contributed by atoms with van der Waals surface area (Å²) in [5, 5.41) is 13.1. The highest BCUT2D eigenvalue weighted by Gasteiger charge is 2.14. The topological polar surface area (TPSA) is 83.6 Å². The summed E-state index contributed by atoms with van der Waals surface area (Å²) in [6, 6.07) is 12.7. The van der Waals surface area contributed by atoms with Crippen molar-refractivity contribution in [2.45, 2.75) is 32.7 Å². The van der Waals surface area contributed by atoms with Gasteiger partial charge in [0.15, 0.2) is 0 Å². The molecular formula is C19H19N5O. The maximum absolute atomic E-state index is 12.4. The summed E-state index contributed by atoms with van der Waals surface area (Å²) < 4.78 is 1.73. The Bertz CT molecular complexity index is 999. The van der Waals surface area contributed by atoms with Crippen molar-refractivity contribution in [3.05, 3.63) is 58.5 Å². The number of rotatable bonds is 5. The minimum Gasteiger partial charge on any atom is -0.323 e. The standard InChI is InChI=1S/C19H19N5O/c1-3-15(4-2)24-17(25)10-9-14-12-21-19(23-18(14)24)22-16-8-6-5-7-13(16)11-20/h5-10,12,15H,3-4H2,1-2H3,(H,21,22,23). The van der Waals surface area contributed by atoms with E-state index in [1.54, 1.807) is 41.1 Å². The average Bonchev–Trinajstić information content (AvgIpc) is 2.65. The van der Waals surface area contributed by atoms with Gasteiger partial charge in [-0.15, -0.1) is 0 Å². The van der Waals surface area contributed by atoms with Gasteiger partial charge in [0.1, 0.15) is 11.7 Å². The van der Waals surface area contributed by atoms with Gasteiger partial charge < -0.3 is 5.32 Å². The number of benzene rings is 1. The van der Waals surface area contributed by atoms with E-state index in [0.29, 0.717) is 22.8 Å². The SMILES string of the molecule is CCC(CC)n1c(=O)ccc2cnc(Nc3ccccc3C#N)nc21. The van der Waals surface area contributed by atoms with Crippen LogP contribution in [-0.2, 0) is 0 Å². The molecule has 1 N–H and O–H groups in total. The van der Waals surface area contributed by atoms with Gasteiger partial charge in [0, 0.05) is 23.7 Å². The lowest BCUT2D eigenvalue weighted by Crippen LogP contribution is -2.24. The Balaban J connectivity index is 2.12. The molecule has 0 saturated heterocycles. The van der Waals surface area contributed by atoms with Crippen LogP contribution >= 0.6 is 0 Å². The van der Waals surface area contributed by atoms with Crippen LogP contribution in [0.1, 0.15) is 38.3 Å².